The smallest absolute Gasteiger partial charge is 0.292 e. The Kier molecular flexibility index (Phi) is 4.87. The molecule has 0 heterocycles. The van der Waals surface area contributed by atoms with E-state index in [9.17, 15) is 9.59 Å². The number of nitrogens with one attached hydrogen (secondary N) is 2. The summed E-state index contributed by atoms with van der Waals surface area (Å²) in [5.41, 5.74) is 0. The van der Waals surface area contributed by atoms with Gasteiger partial charge in [0.15, 0.2) is 0 Å². The maximum Gasteiger partial charge on any atom is 0.308 e. The van der Waals surface area contributed by atoms with Gasteiger partial charge in [-0.25, -0.2) is 0 Å². The van der Waals surface area contributed by atoms with Crippen molar-refractivity contribution in [3.8, 4) is 0 Å². The highest BCUT2D eigenvalue weighted by Crippen LogP contribution is 1.94. The van der Waals surface area contributed by atoms with Gasteiger partial charge in [0, 0.05) is 6.92 Å². The van der Waals surface area contributed by atoms with E-state index in [2.05, 4.69) is 8.25 Å². The zero-order valence-electron chi connectivity index (χ0n) is 4.60. The molecule has 0 aliphatic carbocycles. The topological polar surface area (TPSA) is 58.2 Å². The van der Waals surface area contributed by atoms with Gasteiger partial charge < -0.3 is 0 Å². The van der Waals surface area contributed by atoms with Gasteiger partial charge in [-0.15, -0.1) is 0 Å². The van der Waals surface area contributed by atoms with E-state index in [1.165, 1.54) is 6.92 Å². The highest BCUT2D eigenvalue weighted by Gasteiger charge is 1.98. The van der Waals surface area contributed by atoms with Crippen LogP contribution in [0.1, 0.15) is 6.92 Å². The van der Waals surface area contributed by atoms with E-state index in [0.29, 0.717) is 0 Å². The molecule has 0 aromatic heterocycles. The lowest BCUT2D eigenvalue weighted by molar-refractivity contribution is -0.117. The average Bonchev–Trinajstić information content (AvgIpc) is 1.83. The number of hydrogen-bond acceptors (Lipinski definition) is 3. The third kappa shape index (κ3) is 5.90. The second-order valence-corrected chi connectivity index (χ2v) is 2.46. The van der Waals surface area contributed by atoms with Crippen molar-refractivity contribution in [3.63, 3.8) is 0 Å². The first kappa shape index (κ1) is 9.02. The first-order valence-corrected chi connectivity index (χ1v) is 3.90. The molecule has 0 radical (unpaired) electrons. The van der Waals surface area contributed by atoms with Crippen molar-refractivity contribution in [2.75, 3.05) is 0 Å². The Morgan fingerprint density at radius 1 is 1.56 bits per heavy atom. The van der Waals surface area contributed by atoms with Crippen LogP contribution in [0, 0.1) is 0 Å². The fraction of sp³-hybridized carbons (Fsp3) is 0.333. The van der Waals surface area contributed by atoms with Crippen molar-refractivity contribution < 1.29 is 9.59 Å². The minimum absolute atomic E-state index is 0.236. The number of carbonyl (C=O) groups is 2. The van der Waals surface area contributed by atoms with E-state index >= 15 is 0 Å². The first-order chi connectivity index (χ1) is 4.16. The Morgan fingerprint density at radius 2 is 2.11 bits per heavy atom. The third-order valence-electron chi connectivity index (χ3n) is 0.365. The molecule has 52 valence electrons. The molecule has 0 bridgehead atoms. The van der Waals surface area contributed by atoms with Crippen LogP contribution in [0.5, 0.6) is 0 Å². The van der Waals surface area contributed by atoms with Crippen LogP contribution >= 0.6 is 34.8 Å². The zero-order chi connectivity index (χ0) is 7.28. The van der Waals surface area contributed by atoms with Crippen molar-refractivity contribution in [3.05, 3.63) is 0 Å². The highest BCUT2D eigenvalue weighted by molar-refractivity contribution is 14.1. The zero-order valence-corrected chi connectivity index (χ0v) is 7.58. The van der Waals surface area contributed by atoms with Crippen LogP contribution in [-0.4, -0.2) is 11.1 Å². The van der Waals surface area contributed by atoms with Crippen LogP contribution in [0.2, 0.25) is 0 Å². The van der Waals surface area contributed by atoms with E-state index in [-0.39, 0.29) is 11.1 Å². The lowest BCUT2D eigenvalue weighted by atomic mass is 10.8. The second kappa shape index (κ2) is 4.86. The summed E-state index contributed by atoms with van der Waals surface area (Å²) in [5, 5.41) is -0.286. The molecule has 0 saturated carbocycles. The van der Waals surface area contributed by atoms with E-state index in [0.717, 1.165) is 11.9 Å². The lowest BCUT2D eigenvalue weighted by Crippen LogP contribution is -2.17. The molecular weight excluding hydrogens is 255 g/mol. The summed E-state index contributed by atoms with van der Waals surface area (Å²) >= 11 is 2.42. The van der Waals surface area contributed by atoms with Gasteiger partial charge in [-0.3, -0.25) is 17.8 Å². The van der Waals surface area contributed by atoms with Crippen molar-refractivity contribution in [2.45, 2.75) is 6.92 Å². The largest absolute Gasteiger partial charge is 0.308 e. The Morgan fingerprint density at radius 3 is 2.44 bits per heavy atom. The predicted octanol–water partition coefficient (Wildman–Crippen LogP) is 0.830. The van der Waals surface area contributed by atoms with Crippen LogP contribution in [-0.2, 0) is 4.79 Å². The van der Waals surface area contributed by atoms with Gasteiger partial charge in [0.1, 0.15) is 0 Å². The summed E-state index contributed by atoms with van der Waals surface area (Å²) in [6.45, 7) is 1.34. The normalized spacial score (nSPS) is 8.22. The molecular formula is C3H5IN2O2S. The Balaban J connectivity index is 3.28. The fourth-order valence-corrected chi connectivity index (χ4v) is 0.743. The number of carbonyl (C=O) groups excluding carboxylic acids is 2. The molecule has 0 rings (SSSR count). The predicted molar refractivity (Wildman–Crippen MR) is 44.0 cm³/mol. The van der Waals surface area contributed by atoms with Crippen molar-refractivity contribution in [1.82, 2.24) is 8.25 Å². The van der Waals surface area contributed by atoms with Gasteiger partial charge in [-0.2, -0.15) is 0 Å². The van der Waals surface area contributed by atoms with E-state index in [4.69, 9.17) is 0 Å². The van der Waals surface area contributed by atoms with Gasteiger partial charge in [-0.1, -0.05) is 0 Å². The van der Waals surface area contributed by atoms with Crippen molar-refractivity contribution in [1.29, 1.82) is 0 Å². The van der Waals surface area contributed by atoms with E-state index < -0.39 is 0 Å². The third-order valence-corrected chi connectivity index (χ3v) is 1.90. The van der Waals surface area contributed by atoms with Crippen LogP contribution < -0.4 is 8.25 Å². The quantitative estimate of drug-likeness (QED) is 0.385. The SMILES string of the molecule is CC(=O)NSC(=O)NI. The Bertz CT molecular complexity index is 129. The van der Waals surface area contributed by atoms with Gasteiger partial charge in [0.05, 0.1) is 34.8 Å². The number of hydrogen-bond donors (Lipinski definition) is 2. The first-order valence-electron chi connectivity index (χ1n) is 2.01. The molecule has 2 amide bonds. The van der Waals surface area contributed by atoms with Crippen LogP contribution in [0.4, 0.5) is 4.79 Å². The van der Waals surface area contributed by atoms with E-state index in [1.807, 2.05) is 0 Å². The molecule has 0 unspecified atom stereocenters. The molecule has 0 atom stereocenters. The van der Waals surface area contributed by atoms with Crippen molar-refractivity contribution >= 4 is 46.0 Å². The second-order valence-electron chi connectivity index (χ2n) is 1.14. The molecule has 0 aromatic rings. The lowest BCUT2D eigenvalue weighted by Gasteiger charge is -1.95. The van der Waals surface area contributed by atoms with Crippen LogP contribution in [0.15, 0.2) is 0 Å². The van der Waals surface area contributed by atoms with Crippen LogP contribution in [0.25, 0.3) is 0 Å². The average molecular weight is 260 g/mol. The van der Waals surface area contributed by atoms with Gasteiger partial charge in [-0.05, 0) is 0 Å². The van der Waals surface area contributed by atoms with Crippen molar-refractivity contribution in [2.24, 2.45) is 0 Å². The number of halogens is 1. The summed E-state index contributed by atoms with van der Waals surface area (Å²) < 4.78 is 4.56. The molecule has 0 spiro atoms. The number of amides is 2. The summed E-state index contributed by atoms with van der Waals surface area (Å²) in [7, 11) is 0. The van der Waals surface area contributed by atoms with Crippen LogP contribution in [0.3, 0.4) is 0 Å². The summed E-state index contributed by atoms with van der Waals surface area (Å²) in [6, 6.07) is 0. The molecule has 6 heteroatoms. The minimum atomic E-state index is -0.286. The number of rotatable bonds is 0. The molecule has 0 aliphatic rings. The summed E-state index contributed by atoms with van der Waals surface area (Å²) in [4.78, 5) is 20.5. The molecule has 9 heavy (non-hydrogen) atoms. The van der Waals surface area contributed by atoms with E-state index in [1.54, 1.807) is 22.9 Å². The molecule has 0 saturated heterocycles. The standard InChI is InChI=1S/C3H5IN2O2S/c1-2(7)6-9-3(8)5-4/h1H3,(H,5,8)(H,6,7). The monoisotopic (exact) mass is 260 g/mol. The summed E-state index contributed by atoms with van der Waals surface area (Å²) in [5.74, 6) is -0.236. The molecule has 4 nitrogen and oxygen atoms in total. The van der Waals surface area contributed by atoms with Gasteiger partial charge in [0.2, 0.25) is 5.91 Å². The minimum Gasteiger partial charge on any atom is -0.292 e. The van der Waals surface area contributed by atoms with Gasteiger partial charge >= 0.3 is 5.24 Å². The molecule has 2 N–H and O–H groups in total. The van der Waals surface area contributed by atoms with Gasteiger partial charge in [0.25, 0.3) is 0 Å². The Hall–Kier alpha value is 0.0200. The molecule has 0 aliphatic heterocycles. The molecule has 0 fully saturated rings. The summed E-state index contributed by atoms with van der Waals surface area (Å²) in [6.07, 6.45) is 0. The maximum atomic E-state index is 10.3. The highest BCUT2D eigenvalue weighted by atomic mass is 127. The Labute approximate surface area is 70.8 Å². The fourth-order valence-electron chi connectivity index (χ4n) is 0.138. The maximum absolute atomic E-state index is 10.3. The molecule has 0 aromatic carbocycles.